The molecule has 0 aromatic rings. The first-order chi connectivity index (χ1) is 5.59. The van der Waals surface area contributed by atoms with E-state index in [2.05, 4.69) is 18.9 Å². The van der Waals surface area contributed by atoms with Crippen LogP contribution in [-0.2, 0) is 0 Å². The number of likely N-dealkylation sites (tertiary alicyclic amines) is 1. The van der Waals surface area contributed by atoms with Crippen LogP contribution in [0, 0.1) is 0 Å². The molecule has 1 saturated heterocycles. The lowest BCUT2D eigenvalue weighted by Crippen LogP contribution is -2.34. The highest BCUT2D eigenvalue weighted by atomic mass is 16.3. The lowest BCUT2D eigenvalue weighted by molar-refractivity contribution is 0.220. The van der Waals surface area contributed by atoms with E-state index in [4.69, 9.17) is 5.11 Å². The van der Waals surface area contributed by atoms with Crippen LogP contribution in [0.3, 0.4) is 0 Å². The maximum atomic E-state index is 9.17. The van der Waals surface area contributed by atoms with Crippen LogP contribution < -0.4 is 0 Å². The van der Waals surface area contributed by atoms with Gasteiger partial charge in [-0.2, -0.15) is 0 Å². The van der Waals surface area contributed by atoms with Crippen molar-refractivity contribution in [2.75, 3.05) is 13.6 Å². The molecule has 2 heteroatoms. The second-order valence-electron chi connectivity index (χ2n) is 3.85. The molecule has 1 fully saturated rings. The standard InChI is InChI=1S/C10H19NO/c1-8-6-10(7-9(2)12)4-5-11(8)3/h7-9,12H,4-6H2,1-3H3/b10-7-. The van der Waals surface area contributed by atoms with Crippen molar-refractivity contribution in [2.45, 2.75) is 38.8 Å². The first-order valence-corrected chi connectivity index (χ1v) is 4.67. The number of hydrogen-bond donors (Lipinski definition) is 1. The summed E-state index contributed by atoms with van der Waals surface area (Å²) in [6, 6.07) is 0.628. The van der Waals surface area contributed by atoms with E-state index < -0.39 is 0 Å². The van der Waals surface area contributed by atoms with Crippen LogP contribution in [0.4, 0.5) is 0 Å². The Kier molecular flexibility index (Phi) is 3.29. The molecule has 70 valence electrons. The average Bonchev–Trinajstić information content (AvgIpc) is 1.96. The minimum absolute atomic E-state index is 0.282. The molecule has 2 atom stereocenters. The van der Waals surface area contributed by atoms with E-state index in [-0.39, 0.29) is 6.10 Å². The van der Waals surface area contributed by atoms with Crippen molar-refractivity contribution in [3.8, 4) is 0 Å². The van der Waals surface area contributed by atoms with Crippen molar-refractivity contribution < 1.29 is 5.11 Å². The van der Waals surface area contributed by atoms with Gasteiger partial charge in [0, 0.05) is 12.6 Å². The normalized spacial score (nSPS) is 32.3. The Morgan fingerprint density at radius 2 is 2.33 bits per heavy atom. The van der Waals surface area contributed by atoms with Gasteiger partial charge in [-0.15, -0.1) is 0 Å². The molecule has 0 spiro atoms. The Bertz CT molecular complexity index is 175. The van der Waals surface area contributed by atoms with E-state index in [1.54, 1.807) is 0 Å². The summed E-state index contributed by atoms with van der Waals surface area (Å²) in [4.78, 5) is 2.36. The van der Waals surface area contributed by atoms with Crippen LogP contribution >= 0.6 is 0 Å². The molecular formula is C10H19NO. The third-order valence-corrected chi connectivity index (χ3v) is 2.57. The van der Waals surface area contributed by atoms with E-state index in [1.807, 2.05) is 13.0 Å². The van der Waals surface area contributed by atoms with Crippen LogP contribution in [0.15, 0.2) is 11.6 Å². The quantitative estimate of drug-likeness (QED) is 0.600. The number of aliphatic hydroxyl groups is 1. The zero-order chi connectivity index (χ0) is 9.14. The number of nitrogens with zero attached hydrogens (tertiary/aromatic N) is 1. The molecule has 0 bridgehead atoms. The Hall–Kier alpha value is -0.340. The van der Waals surface area contributed by atoms with Gasteiger partial charge in [0.15, 0.2) is 0 Å². The summed E-state index contributed by atoms with van der Waals surface area (Å²) < 4.78 is 0. The molecule has 0 saturated carbocycles. The topological polar surface area (TPSA) is 23.5 Å². The SMILES string of the molecule is CC(O)/C=C1/CCN(C)C(C)C1. The van der Waals surface area contributed by atoms with Crippen LogP contribution in [0.25, 0.3) is 0 Å². The van der Waals surface area contributed by atoms with Gasteiger partial charge in [0.1, 0.15) is 0 Å². The fourth-order valence-electron chi connectivity index (χ4n) is 1.67. The second-order valence-corrected chi connectivity index (χ2v) is 3.85. The molecule has 0 aromatic heterocycles. The monoisotopic (exact) mass is 169 g/mol. The maximum absolute atomic E-state index is 9.17. The Morgan fingerprint density at radius 3 is 2.83 bits per heavy atom. The molecule has 1 heterocycles. The van der Waals surface area contributed by atoms with E-state index >= 15 is 0 Å². The van der Waals surface area contributed by atoms with E-state index in [1.165, 1.54) is 5.57 Å². The molecule has 2 unspecified atom stereocenters. The third kappa shape index (κ3) is 2.61. The smallest absolute Gasteiger partial charge is 0.0695 e. The second kappa shape index (κ2) is 4.06. The molecule has 1 aliphatic rings. The predicted octanol–water partition coefficient (Wildman–Crippen LogP) is 1.41. The highest BCUT2D eigenvalue weighted by molar-refractivity contribution is 5.09. The Morgan fingerprint density at radius 1 is 1.67 bits per heavy atom. The fourth-order valence-corrected chi connectivity index (χ4v) is 1.67. The zero-order valence-corrected chi connectivity index (χ0v) is 8.25. The summed E-state index contributed by atoms with van der Waals surface area (Å²) in [7, 11) is 2.16. The van der Waals surface area contributed by atoms with E-state index in [0.29, 0.717) is 6.04 Å². The minimum Gasteiger partial charge on any atom is -0.389 e. The first kappa shape index (κ1) is 9.75. The molecular weight excluding hydrogens is 150 g/mol. The Balaban J connectivity index is 2.50. The summed E-state index contributed by atoms with van der Waals surface area (Å²) in [5.74, 6) is 0. The molecule has 1 aliphatic heterocycles. The van der Waals surface area contributed by atoms with Gasteiger partial charge in [0.25, 0.3) is 0 Å². The average molecular weight is 169 g/mol. The Labute approximate surface area is 74.9 Å². The maximum Gasteiger partial charge on any atom is 0.0695 e. The van der Waals surface area contributed by atoms with Crippen molar-refractivity contribution in [2.24, 2.45) is 0 Å². The van der Waals surface area contributed by atoms with Crippen molar-refractivity contribution in [3.63, 3.8) is 0 Å². The summed E-state index contributed by atoms with van der Waals surface area (Å²) in [6.45, 7) is 5.17. The molecule has 0 aliphatic carbocycles. The van der Waals surface area contributed by atoms with Gasteiger partial charge < -0.3 is 10.0 Å². The van der Waals surface area contributed by atoms with Gasteiger partial charge in [-0.1, -0.05) is 11.6 Å². The number of hydrogen-bond acceptors (Lipinski definition) is 2. The largest absolute Gasteiger partial charge is 0.389 e. The molecule has 0 aromatic carbocycles. The predicted molar refractivity (Wildman–Crippen MR) is 51.1 cm³/mol. The third-order valence-electron chi connectivity index (χ3n) is 2.57. The van der Waals surface area contributed by atoms with E-state index in [9.17, 15) is 0 Å². The van der Waals surface area contributed by atoms with E-state index in [0.717, 1.165) is 19.4 Å². The molecule has 0 amide bonds. The summed E-state index contributed by atoms with van der Waals surface area (Å²) in [5.41, 5.74) is 1.41. The lowest BCUT2D eigenvalue weighted by atomic mass is 9.97. The van der Waals surface area contributed by atoms with Crippen molar-refractivity contribution in [1.29, 1.82) is 0 Å². The van der Waals surface area contributed by atoms with Crippen molar-refractivity contribution in [1.82, 2.24) is 4.90 Å². The van der Waals surface area contributed by atoms with Crippen molar-refractivity contribution in [3.05, 3.63) is 11.6 Å². The highest BCUT2D eigenvalue weighted by Gasteiger charge is 2.17. The molecule has 0 radical (unpaired) electrons. The lowest BCUT2D eigenvalue weighted by Gasteiger charge is -2.31. The summed E-state index contributed by atoms with van der Waals surface area (Å²) >= 11 is 0. The molecule has 2 nitrogen and oxygen atoms in total. The molecule has 1 rings (SSSR count). The van der Waals surface area contributed by atoms with Gasteiger partial charge in [-0.3, -0.25) is 0 Å². The zero-order valence-electron chi connectivity index (χ0n) is 8.25. The molecule has 12 heavy (non-hydrogen) atoms. The van der Waals surface area contributed by atoms with Gasteiger partial charge in [0.2, 0.25) is 0 Å². The van der Waals surface area contributed by atoms with Gasteiger partial charge in [-0.25, -0.2) is 0 Å². The minimum atomic E-state index is -0.282. The van der Waals surface area contributed by atoms with Crippen molar-refractivity contribution >= 4 is 0 Å². The van der Waals surface area contributed by atoms with Gasteiger partial charge in [0.05, 0.1) is 6.10 Å². The van der Waals surface area contributed by atoms with Crippen LogP contribution in [0.1, 0.15) is 26.7 Å². The number of piperidine rings is 1. The number of aliphatic hydroxyl groups excluding tert-OH is 1. The highest BCUT2D eigenvalue weighted by Crippen LogP contribution is 2.20. The van der Waals surface area contributed by atoms with Crippen LogP contribution in [0.2, 0.25) is 0 Å². The van der Waals surface area contributed by atoms with Gasteiger partial charge in [-0.05, 0) is 33.7 Å². The summed E-state index contributed by atoms with van der Waals surface area (Å²) in [5, 5.41) is 9.17. The first-order valence-electron chi connectivity index (χ1n) is 4.67. The summed E-state index contributed by atoms with van der Waals surface area (Å²) in [6.07, 6.45) is 3.94. The molecule has 1 N–H and O–H groups in total. The van der Waals surface area contributed by atoms with Crippen LogP contribution in [0.5, 0.6) is 0 Å². The van der Waals surface area contributed by atoms with Crippen LogP contribution in [-0.4, -0.2) is 35.7 Å². The number of rotatable bonds is 1. The fraction of sp³-hybridized carbons (Fsp3) is 0.800. The van der Waals surface area contributed by atoms with Gasteiger partial charge >= 0.3 is 0 Å².